The van der Waals surface area contributed by atoms with Gasteiger partial charge in [-0.15, -0.1) is 12.4 Å². The van der Waals surface area contributed by atoms with Gasteiger partial charge in [-0.2, -0.15) is 18.3 Å². The number of benzene rings is 1. The highest BCUT2D eigenvalue weighted by atomic mass is 35.5. The van der Waals surface area contributed by atoms with E-state index < -0.39 is 23.3 Å². The third-order valence-corrected chi connectivity index (χ3v) is 3.62. The zero-order valence-corrected chi connectivity index (χ0v) is 14.8. The highest BCUT2D eigenvalue weighted by molar-refractivity contribution is 6.30. The van der Waals surface area contributed by atoms with E-state index >= 15 is 0 Å². The van der Waals surface area contributed by atoms with Crippen molar-refractivity contribution >= 4 is 29.9 Å². The lowest BCUT2D eigenvalue weighted by molar-refractivity contribution is -0.143. The van der Waals surface area contributed by atoms with E-state index in [4.69, 9.17) is 17.3 Å². The molecule has 0 aliphatic heterocycles. The number of nitrogens with zero attached hydrogens (tertiary/aromatic N) is 2. The van der Waals surface area contributed by atoms with Gasteiger partial charge in [0.25, 0.3) is 5.91 Å². The molecule has 0 bridgehead atoms. The van der Waals surface area contributed by atoms with Crippen molar-refractivity contribution in [2.75, 3.05) is 13.1 Å². The highest BCUT2D eigenvalue weighted by Crippen LogP contribution is 2.33. The Balaban J connectivity index is 0.00000312. The first-order chi connectivity index (χ1) is 11.2. The predicted octanol–water partition coefficient (Wildman–Crippen LogP) is 3.29. The molecule has 0 saturated carbocycles. The van der Waals surface area contributed by atoms with Gasteiger partial charge in [-0.3, -0.25) is 4.79 Å². The van der Waals surface area contributed by atoms with E-state index in [1.54, 1.807) is 6.92 Å². The van der Waals surface area contributed by atoms with E-state index in [-0.39, 0.29) is 30.6 Å². The molecule has 2 rings (SSSR count). The van der Waals surface area contributed by atoms with Crippen molar-refractivity contribution in [2.45, 2.75) is 13.1 Å². The Labute approximate surface area is 153 Å². The van der Waals surface area contributed by atoms with Crippen LogP contribution in [0.5, 0.6) is 0 Å². The van der Waals surface area contributed by atoms with Crippen LogP contribution < -0.4 is 11.1 Å². The van der Waals surface area contributed by atoms with Crippen molar-refractivity contribution in [2.24, 2.45) is 11.7 Å². The molecule has 1 aromatic carbocycles. The van der Waals surface area contributed by atoms with Crippen LogP contribution >= 0.6 is 24.0 Å². The first kappa shape index (κ1) is 21.3. The Morgan fingerprint density at radius 3 is 2.48 bits per heavy atom. The molecular weight excluding hydrogens is 380 g/mol. The Morgan fingerprint density at radius 2 is 1.96 bits per heavy atom. The third-order valence-electron chi connectivity index (χ3n) is 3.37. The summed E-state index contributed by atoms with van der Waals surface area (Å²) >= 11 is 5.74. The third kappa shape index (κ3) is 5.10. The minimum atomic E-state index is -4.75. The number of hydrogen-bond acceptors (Lipinski definition) is 3. The molecule has 0 spiro atoms. The topological polar surface area (TPSA) is 72.9 Å². The fourth-order valence-corrected chi connectivity index (χ4v) is 2.14. The molecule has 1 aromatic heterocycles. The van der Waals surface area contributed by atoms with Gasteiger partial charge in [0.15, 0.2) is 5.69 Å². The number of alkyl halides is 3. The number of amides is 1. The van der Waals surface area contributed by atoms with Crippen molar-refractivity contribution < 1.29 is 18.0 Å². The first-order valence-corrected chi connectivity index (χ1v) is 7.51. The standard InChI is InChI=1S/C15H16ClF3N4O.ClH/c1-9(6-20)7-21-14(24)12-8-22-23(13(12)15(17,18)19)11-4-2-10(16)3-5-11;/h2-5,8-9H,6-7,20H2,1H3,(H,21,24);1H. The smallest absolute Gasteiger partial charge is 0.352 e. The Hall–Kier alpha value is -1.77. The number of aromatic nitrogens is 2. The molecule has 25 heavy (non-hydrogen) atoms. The van der Waals surface area contributed by atoms with Gasteiger partial charge in [-0.05, 0) is 36.7 Å². The van der Waals surface area contributed by atoms with Gasteiger partial charge in [0.1, 0.15) is 0 Å². The lowest BCUT2D eigenvalue weighted by atomic mass is 10.1. The van der Waals surface area contributed by atoms with E-state index in [0.717, 1.165) is 6.20 Å². The van der Waals surface area contributed by atoms with Crippen LogP contribution in [0.15, 0.2) is 30.5 Å². The molecular formula is C15H17Cl2F3N4O. The normalized spacial score (nSPS) is 12.4. The summed E-state index contributed by atoms with van der Waals surface area (Å²) in [5, 5.41) is 6.54. The molecule has 0 aliphatic rings. The van der Waals surface area contributed by atoms with Gasteiger partial charge in [-0.25, -0.2) is 4.68 Å². The summed E-state index contributed by atoms with van der Waals surface area (Å²) in [4.78, 5) is 12.1. The van der Waals surface area contributed by atoms with Crippen LogP contribution in [0.3, 0.4) is 0 Å². The summed E-state index contributed by atoms with van der Waals surface area (Å²) in [5.41, 5.74) is 3.91. The van der Waals surface area contributed by atoms with Crippen molar-refractivity contribution in [3.05, 3.63) is 46.7 Å². The maximum atomic E-state index is 13.4. The fraction of sp³-hybridized carbons (Fsp3) is 0.333. The van der Waals surface area contributed by atoms with Crippen molar-refractivity contribution in [3.8, 4) is 5.69 Å². The summed E-state index contributed by atoms with van der Waals surface area (Å²) in [6.45, 7) is 2.28. The summed E-state index contributed by atoms with van der Waals surface area (Å²) in [5.74, 6) is -0.891. The summed E-state index contributed by atoms with van der Waals surface area (Å²) in [6, 6.07) is 5.67. The molecule has 1 heterocycles. The van der Waals surface area contributed by atoms with Crippen molar-refractivity contribution in [1.29, 1.82) is 0 Å². The van der Waals surface area contributed by atoms with Crippen LogP contribution in [-0.2, 0) is 6.18 Å². The number of carbonyl (C=O) groups is 1. The second-order valence-electron chi connectivity index (χ2n) is 5.34. The van der Waals surface area contributed by atoms with E-state index in [0.29, 0.717) is 16.2 Å². The van der Waals surface area contributed by atoms with E-state index in [2.05, 4.69) is 10.4 Å². The molecule has 0 saturated heterocycles. The summed E-state index contributed by atoms with van der Waals surface area (Å²) < 4.78 is 41.0. The molecule has 1 atom stereocenters. The molecule has 5 nitrogen and oxygen atoms in total. The van der Waals surface area contributed by atoms with Crippen LogP contribution in [0, 0.1) is 5.92 Å². The van der Waals surface area contributed by atoms with Gasteiger partial charge in [0, 0.05) is 11.6 Å². The van der Waals surface area contributed by atoms with E-state index in [1.807, 2.05) is 0 Å². The number of halogens is 5. The van der Waals surface area contributed by atoms with Crippen LogP contribution in [0.1, 0.15) is 23.0 Å². The maximum absolute atomic E-state index is 13.4. The van der Waals surface area contributed by atoms with E-state index in [1.165, 1.54) is 24.3 Å². The minimum Gasteiger partial charge on any atom is -0.352 e. The van der Waals surface area contributed by atoms with E-state index in [9.17, 15) is 18.0 Å². The maximum Gasteiger partial charge on any atom is 0.434 e. The summed E-state index contributed by atoms with van der Waals surface area (Å²) in [6.07, 6.45) is -3.85. The molecule has 0 radical (unpaired) electrons. The largest absolute Gasteiger partial charge is 0.434 e. The van der Waals surface area contributed by atoms with Gasteiger partial charge >= 0.3 is 6.18 Å². The zero-order valence-electron chi connectivity index (χ0n) is 13.2. The van der Waals surface area contributed by atoms with Gasteiger partial charge in [0.2, 0.25) is 0 Å². The molecule has 1 amide bonds. The molecule has 3 N–H and O–H groups in total. The molecule has 2 aromatic rings. The monoisotopic (exact) mass is 396 g/mol. The zero-order chi connectivity index (χ0) is 17.9. The average molecular weight is 397 g/mol. The van der Waals surface area contributed by atoms with Gasteiger partial charge in [-0.1, -0.05) is 18.5 Å². The number of carbonyl (C=O) groups excluding carboxylic acids is 1. The Kier molecular flexibility index (Phi) is 7.28. The van der Waals surface area contributed by atoms with Crippen molar-refractivity contribution in [1.82, 2.24) is 15.1 Å². The lowest BCUT2D eigenvalue weighted by Crippen LogP contribution is -2.32. The molecule has 138 valence electrons. The lowest BCUT2D eigenvalue weighted by Gasteiger charge is -2.14. The summed E-state index contributed by atoms with van der Waals surface area (Å²) in [7, 11) is 0. The second kappa shape index (κ2) is 8.55. The molecule has 1 unspecified atom stereocenters. The highest BCUT2D eigenvalue weighted by Gasteiger charge is 2.40. The van der Waals surface area contributed by atoms with Crippen molar-refractivity contribution in [3.63, 3.8) is 0 Å². The number of nitrogens with one attached hydrogen (secondary N) is 1. The molecule has 0 aliphatic carbocycles. The second-order valence-corrected chi connectivity index (χ2v) is 5.78. The minimum absolute atomic E-state index is 0. The number of hydrogen-bond donors (Lipinski definition) is 2. The Morgan fingerprint density at radius 1 is 1.36 bits per heavy atom. The number of nitrogens with two attached hydrogens (primary N) is 1. The van der Waals surface area contributed by atoms with Gasteiger partial charge in [0.05, 0.1) is 17.4 Å². The van der Waals surface area contributed by atoms with Crippen LogP contribution in [0.4, 0.5) is 13.2 Å². The van der Waals surface area contributed by atoms with Crippen LogP contribution in [-0.4, -0.2) is 28.8 Å². The molecule has 0 fully saturated rings. The average Bonchev–Trinajstić information content (AvgIpc) is 2.98. The predicted molar refractivity (Wildman–Crippen MR) is 91.4 cm³/mol. The first-order valence-electron chi connectivity index (χ1n) is 7.13. The van der Waals surface area contributed by atoms with Gasteiger partial charge < -0.3 is 11.1 Å². The Bertz CT molecular complexity index is 717. The molecule has 10 heteroatoms. The van der Waals surface area contributed by atoms with Crippen LogP contribution in [0.2, 0.25) is 5.02 Å². The quantitative estimate of drug-likeness (QED) is 0.814. The SMILES string of the molecule is CC(CN)CNC(=O)c1cnn(-c2ccc(Cl)cc2)c1C(F)(F)F.Cl. The van der Waals surface area contributed by atoms with Crippen LogP contribution in [0.25, 0.3) is 5.69 Å². The number of rotatable bonds is 5. The fourth-order valence-electron chi connectivity index (χ4n) is 2.01.